The van der Waals surface area contributed by atoms with Crippen molar-refractivity contribution in [1.82, 2.24) is 10.2 Å². The summed E-state index contributed by atoms with van der Waals surface area (Å²) in [6, 6.07) is 19.2. The molecule has 7 nitrogen and oxygen atoms in total. The van der Waals surface area contributed by atoms with Crippen LogP contribution in [0.2, 0.25) is 0 Å². The maximum Gasteiger partial charge on any atom is 0.264 e. The summed E-state index contributed by atoms with van der Waals surface area (Å²) in [6.45, 7) is 3.05. The minimum absolute atomic E-state index is 0.0487. The Morgan fingerprint density at radius 3 is 2.31 bits per heavy atom. The van der Waals surface area contributed by atoms with Crippen LogP contribution in [0, 0.1) is 5.82 Å². The topological polar surface area (TPSA) is 86.8 Å². The highest BCUT2D eigenvalue weighted by molar-refractivity contribution is 9.10. The molecule has 0 fully saturated rings. The van der Waals surface area contributed by atoms with E-state index in [-0.39, 0.29) is 23.0 Å². The lowest BCUT2D eigenvalue weighted by molar-refractivity contribution is -0.139. The first-order chi connectivity index (χ1) is 17.1. The van der Waals surface area contributed by atoms with Gasteiger partial charge in [0.05, 0.1) is 10.6 Å². The summed E-state index contributed by atoms with van der Waals surface area (Å²) in [6.07, 6.45) is 0. The minimum atomic E-state index is -4.30. The third-order valence-electron chi connectivity index (χ3n) is 5.49. The summed E-state index contributed by atoms with van der Waals surface area (Å²) in [5, 5.41) is 2.69. The molecule has 0 aliphatic carbocycles. The van der Waals surface area contributed by atoms with Crippen molar-refractivity contribution in [1.29, 1.82) is 0 Å². The maximum absolute atomic E-state index is 14.8. The van der Waals surface area contributed by atoms with Crippen LogP contribution in [0.15, 0.2) is 88.2 Å². The van der Waals surface area contributed by atoms with Crippen molar-refractivity contribution in [3.8, 4) is 0 Å². The first-order valence-electron chi connectivity index (χ1n) is 11.3. The standard InChI is InChI=1S/C26H27BrFN3O4S/c1-3-29-26(33)19(2)30(17-20-10-9-11-21(27)16-20)25(32)18-31(24-15-8-7-14-23(24)28)36(34,35)22-12-5-4-6-13-22/h4-16,19H,3,17-18H2,1-2H3,(H,29,33)/t19-/m0/s1. The molecule has 2 amide bonds. The number of halogens is 2. The molecule has 0 aliphatic heterocycles. The van der Waals surface area contributed by atoms with E-state index in [4.69, 9.17) is 0 Å². The van der Waals surface area contributed by atoms with Gasteiger partial charge in [0.25, 0.3) is 10.0 Å². The molecule has 0 unspecified atom stereocenters. The fourth-order valence-corrected chi connectivity index (χ4v) is 5.51. The van der Waals surface area contributed by atoms with Crippen molar-refractivity contribution < 1.29 is 22.4 Å². The molecular formula is C26H27BrFN3O4S. The Hall–Kier alpha value is -3.24. The van der Waals surface area contributed by atoms with E-state index in [2.05, 4.69) is 21.2 Å². The predicted molar refractivity (Wildman–Crippen MR) is 140 cm³/mol. The lowest BCUT2D eigenvalue weighted by atomic mass is 10.1. The van der Waals surface area contributed by atoms with Crippen LogP contribution < -0.4 is 9.62 Å². The van der Waals surface area contributed by atoms with Gasteiger partial charge < -0.3 is 10.2 Å². The van der Waals surface area contributed by atoms with Crippen LogP contribution in [0.1, 0.15) is 19.4 Å². The molecule has 0 aromatic heterocycles. The van der Waals surface area contributed by atoms with E-state index in [1.165, 1.54) is 35.2 Å². The normalized spacial score (nSPS) is 12.0. The molecule has 0 saturated carbocycles. The first-order valence-corrected chi connectivity index (χ1v) is 13.5. The number of para-hydroxylation sites is 1. The number of likely N-dealkylation sites (N-methyl/N-ethyl adjacent to an activating group) is 1. The van der Waals surface area contributed by atoms with E-state index in [9.17, 15) is 22.4 Å². The molecule has 3 aromatic carbocycles. The zero-order valence-electron chi connectivity index (χ0n) is 19.9. The smallest absolute Gasteiger partial charge is 0.264 e. The lowest BCUT2D eigenvalue weighted by Gasteiger charge is -2.32. The van der Waals surface area contributed by atoms with Crippen molar-refractivity contribution in [2.75, 3.05) is 17.4 Å². The Balaban J connectivity index is 2.03. The largest absolute Gasteiger partial charge is 0.355 e. The second-order valence-electron chi connectivity index (χ2n) is 8.00. The van der Waals surface area contributed by atoms with E-state index in [1.807, 2.05) is 6.07 Å². The average Bonchev–Trinajstić information content (AvgIpc) is 2.86. The summed E-state index contributed by atoms with van der Waals surface area (Å²) < 4.78 is 43.5. The molecule has 10 heteroatoms. The van der Waals surface area contributed by atoms with E-state index < -0.39 is 34.3 Å². The van der Waals surface area contributed by atoms with Crippen LogP contribution in [-0.4, -0.2) is 44.3 Å². The van der Waals surface area contributed by atoms with Crippen LogP contribution in [0.3, 0.4) is 0 Å². The number of benzene rings is 3. The molecule has 0 aliphatic rings. The SMILES string of the molecule is CCNC(=O)[C@H](C)N(Cc1cccc(Br)c1)C(=O)CN(c1ccccc1F)S(=O)(=O)c1ccccc1. The first kappa shape index (κ1) is 27.3. The molecule has 3 rings (SSSR count). The number of rotatable bonds is 10. The van der Waals surface area contributed by atoms with Gasteiger partial charge in [-0.3, -0.25) is 13.9 Å². The lowest BCUT2D eigenvalue weighted by Crippen LogP contribution is -2.51. The molecule has 0 saturated heterocycles. The molecule has 3 aromatic rings. The van der Waals surface area contributed by atoms with Gasteiger partial charge in [0.2, 0.25) is 11.8 Å². The van der Waals surface area contributed by atoms with Gasteiger partial charge in [0.1, 0.15) is 18.4 Å². The van der Waals surface area contributed by atoms with Gasteiger partial charge in [-0.1, -0.05) is 58.4 Å². The number of hydrogen-bond donors (Lipinski definition) is 1. The van der Waals surface area contributed by atoms with Gasteiger partial charge in [0, 0.05) is 17.6 Å². The average molecular weight is 576 g/mol. The summed E-state index contributed by atoms with van der Waals surface area (Å²) in [5.41, 5.74) is 0.472. The van der Waals surface area contributed by atoms with Crippen LogP contribution in [0.5, 0.6) is 0 Å². The van der Waals surface area contributed by atoms with Crippen LogP contribution in [0.4, 0.5) is 10.1 Å². The number of nitrogens with one attached hydrogen (secondary N) is 1. The van der Waals surface area contributed by atoms with Crippen molar-refractivity contribution >= 4 is 43.5 Å². The monoisotopic (exact) mass is 575 g/mol. The summed E-state index contributed by atoms with van der Waals surface area (Å²) >= 11 is 3.40. The number of anilines is 1. The van der Waals surface area contributed by atoms with Crippen molar-refractivity contribution in [3.63, 3.8) is 0 Å². The number of carbonyl (C=O) groups excluding carboxylic acids is 2. The van der Waals surface area contributed by atoms with E-state index in [0.29, 0.717) is 6.54 Å². The second-order valence-corrected chi connectivity index (χ2v) is 10.8. The van der Waals surface area contributed by atoms with Crippen molar-refractivity contribution in [3.05, 3.63) is 94.7 Å². The Kier molecular flexibility index (Phi) is 9.22. The number of hydrogen-bond acceptors (Lipinski definition) is 4. The highest BCUT2D eigenvalue weighted by atomic mass is 79.9. The number of amides is 2. The highest BCUT2D eigenvalue weighted by Gasteiger charge is 2.33. The van der Waals surface area contributed by atoms with Gasteiger partial charge >= 0.3 is 0 Å². The van der Waals surface area contributed by atoms with Gasteiger partial charge in [-0.2, -0.15) is 0 Å². The predicted octanol–water partition coefficient (Wildman–Crippen LogP) is 4.34. The summed E-state index contributed by atoms with van der Waals surface area (Å²) in [7, 11) is -4.30. The highest BCUT2D eigenvalue weighted by Crippen LogP contribution is 2.27. The van der Waals surface area contributed by atoms with Gasteiger partial charge in [-0.05, 0) is 55.8 Å². The molecule has 1 atom stereocenters. The molecule has 0 bridgehead atoms. The molecule has 0 spiro atoms. The summed E-state index contributed by atoms with van der Waals surface area (Å²) in [4.78, 5) is 27.5. The maximum atomic E-state index is 14.8. The van der Waals surface area contributed by atoms with Gasteiger partial charge in [-0.25, -0.2) is 12.8 Å². The van der Waals surface area contributed by atoms with E-state index in [1.54, 1.807) is 50.2 Å². The van der Waals surface area contributed by atoms with E-state index >= 15 is 0 Å². The molecule has 0 radical (unpaired) electrons. The zero-order chi connectivity index (χ0) is 26.3. The molecular weight excluding hydrogens is 549 g/mol. The van der Waals surface area contributed by atoms with Crippen molar-refractivity contribution in [2.24, 2.45) is 0 Å². The quantitative estimate of drug-likeness (QED) is 0.389. The van der Waals surface area contributed by atoms with Crippen LogP contribution >= 0.6 is 15.9 Å². The Labute approximate surface area is 219 Å². The van der Waals surface area contributed by atoms with Crippen molar-refractivity contribution in [2.45, 2.75) is 31.3 Å². The minimum Gasteiger partial charge on any atom is -0.355 e. The van der Waals surface area contributed by atoms with Crippen LogP contribution in [0.25, 0.3) is 0 Å². The molecule has 190 valence electrons. The number of sulfonamides is 1. The fourth-order valence-electron chi connectivity index (χ4n) is 3.62. The Morgan fingerprint density at radius 1 is 1.00 bits per heavy atom. The zero-order valence-corrected chi connectivity index (χ0v) is 22.3. The third kappa shape index (κ3) is 6.50. The van der Waals surface area contributed by atoms with Gasteiger partial charge in [-0.15, -0.1) is 0 Å². The Morgan fingerprint density at radius 2 is 1.67 bits per heavy atom. The number of carbonyl (C=O) groups is 2. The molecule has 36 heavy (non-hydrogen) atoms. The Bertz CT molecular complexity index is 1320. The van der Waals surface area contributed by atoms with Crippen LogP contribution in [-0.2, 0) is 26.2 Å². The summed E-state index contributed by atoms with van der Waals surface area (Å²) in [5.74, 6) is -1.83. The van der Waals surface area contributed by atoms with E-state index in [0.717, 1.165) is 20.4 Å². The second kappa shape index (κ2) is 12.1. The molecule has 1 N–H and O–H groups in total. The number of nitrogens with zero attached hydrogens (tertiary/aromatic N) is 2. The van der Waals surface area contributed by atoms with Gasteiger partial charge in [0.15, 0.2) is 0 Å². The third-order valence-corrected chi connectivity index (χ3v) is 7.76. The molecule has 0 heterocycles. The fraction of sp³-hybridized carbons (Fsp3) is 0.231.